The van der Waals surface area contributed by atoms with Crippen LogP contribution in [0.1, 0.15) is 24.0 Å². The Morgan fingerprint density at radius 3 is 2.91 bits per heavy atom. The van der Waals surface area contributed by atoms with E-state index in [2.05, 4.69) is 10.6 Å². The summed E-state index contributed by atoms with van der Waals surface area (Å²) < 4.78 is 0. The fourth-order valence-corrected chi connectivity index (χ4v) is 3.26. The van der Waals surface area contributed by atoms with Crippen LogP contribution in [0.5, 0.6) is 0 Å². The minimum Gasteiger partial charge on any atom is -0.354 e. The zero-order chi connectivity index (χ0) is 16.4. The maximum Gasteiger partial charge on any atom is 0.325 e. The Bertz CT molecular complexity index is 660. The third-order valence-electron chi connectivity index (χ3n) is 4.43. The van der Waals surface area contributed by atoms with Crippen LogP contribution in [0.25, 0.3) is 0 Å². The van der Waals surface area contributed by atoms with Crippen molar-refractivity contribution in [2.45, 2.75) is 24.8 Å². The molecular formula is C16H20N4O3. The highest BCUT2D eigenvalue weighted by Crippen LogP contribution is 2.41. The van der Waals surface area contributed by atoms with Gasteiger partial charge in [-0.15, -0.1) is 0 Å². The zero-order valence-corrected chi connectivity index (χ0v) is 12.8. The summed E-state index contributed by atoms with van der Waals surface area (Å²) in [6.07, 6.45) is 1.92. The van der Waals surface area contributed by atoms with Gasteiger partial charge in [0, 0.05) is 6.54 Å². The molecule has 0 radical (unpaired) electrons. The summed E-state index contributed by atoms with van der Waals surface area (Å²) >= 11 is 0. The van der Waals surface area contributed by atoms with Crippen molar-refractivity contribution in [1.82, 2.24) is 15.5 Å². The molecule has 1 heterocycles. The summed E-state index contributed by atoms with van der Waals surface area (Å²) in [6, 6.07) is 7.09. The van der Waals surface area contributed by atoms with E-state index in [-0.39, 0.29) is 18.4 Å². The molecule has 0 saturated carbocycles. The fraction of sp³-hybridized carbons (Fsp3) is 0.438. The molecule has 4 amide bonds. The molecule has 7 heteroatoms. The molecule has 23 heavy (non-hydrogen) atoms. The van der Waals surface area contributed by atoms with Crippen LogP contribution in [0.4, 0.5) is 4.79 Å². The first-order chi connectivity index (χ1) is 11.1. The summed E-state index contributed by atoms with van der Waals surface area (Å²) in [5.41, 5.74) is 6.26. The third kappa shape index (κ3) is 2.57. The zero-order valence-electron chi connectivity index (χ0n) is 12.8. The topological polar surface area (TPSA) is 105 Å². The molecule has 0 aromatic heterocycles. The molecule has 7 nitrogen and oxygen atoms in total. The van der Waals surface area contributed by atoms with Gasteiger partial charge in [0.15, 0.2) is 0 Å². The molecule has 1 fully saturated rings. The van der Waals surface area contributed by atoms with Crippen molar-refractivity contribution in [3.8, 4) is 0 Å². The predicted molar refractivity (Wildman–Crippen MR) is 83.4 cm³/mol. The van der Waals surface area contributed by atoms with Crippen molar-refractivity contribution >= 4 is 17.8 Å². The normalized spacial score (nSPS) is 22.4. The quantitative estimate of drug-likeness (QED) is 0.519. The average molecular weight is 316 g/mol. The molecule has 1 aliphatic heterocycles. The predicted octanol–water partition coefficient (Wildman–Crippen LogP) is -0.155. The Hall–Kier alpha value is -2.41. The number of fused-ring (bicyclic) bond motifs is 2. The van der Waals surface area contributed by atoms with E-state index < -0.39 is 11.6 Å². The lowest BCUT2D eigenvalue weighted by atomic mass is 9.92. The number of hydrogen-bond acceptors (Lipinski definition) is 4. The van der Waals surface area contributed by atoms with Crippen LogP contribution >= 0.6 is 0 Å². The van der Waals surface area contributed by atoms with Crippen LogP contribution in [0.3, 0.4) is 0 Å². The van der Waals surface area contributed by atoms with Crippen molar-refractivity contribution in [3.05, 3.63) is 35.4 Å². The van der Waals surface area contributed by atoms with E-state index in [1.807, 2.05) is 24.3 Å². The van der Waals surface area contributed by atoms with Gasteiger partial charge in [0.05, 0.1) is 0 Å². The van der Waals surface area contributed by atoms with Gasteiger partial charge in [0.1, 0.15) is 12.1 Å². The molecule has 3 rings (SSSR count). The summed E-state index contributed by atoms with van der Waals surface area (Å²) in [7, 11) is 0. The van der Waals surface area contributed by atoms with Gasteiger partial charge in [-0.2, -0.15) is 0 Å². The SMILES string of the molecule is NCCCNC(=O)CN1C(=O)NC2(CCc3ccccc32)C1=O. The van der Waals surface area contributed by atoms with Gasteiger partial charge in [-0.1, -0.05) is 24.3 Å². The lowest BCUT2D eigenvalue weighted by Gasteiger charge is -2.22. The molecule has 1 saturated heterocycles. The number of carbonyl (C=O) groups is 3. The van der Waals surface area contributed by atoms with Crippen LogP contribution < -0.4 is 16.4 Å². The second-order valence-corrected chi connectivity index (χ2v) is 5.88. The van der Waals surface area contributed by atoms with Gasteiger partial charge in [0.25, 0.3) is 5.91 Å². The molecule has 1 aromatic carbocycles. The number of carbonyl (C=O) groups excluding carboxylic acids is 3. The summed E-state index contributed by atoms with van der Waals surface area (Å²) in [5.74, 6) is -0.702. The number of imide groups is 1. The molecule has 4 N–H and O–H groups in total. The molecule has 0 bridgehead atoms. The smallest absolute Gasteiger partial charge is 0.325 e. The molecule has 1 atom stereocenters. The van der Waals surface area contributed by atoms with E-state index >= 15 is 0 Å². The number of aryl methyl sites for hydroxylation is 1. The van der Waals surface area contributed by atoms with Gasteiger partial charge in [-0.25, -0.2) is 4.79 Å². The van der Waals surface area contributed by atoms with Crippen molar-refractivity contribution < 1.29 is 14.4 Å². The second kappa shape index (κ2) is 6.00. The van der Waals surface area contributed by atoms with Crippen molar-refractivity contribution in [2.24, 2.45) is 5.73 Å². The highest BCUT2D eigenvalue weighted by atomic mass is 16.2. The Morgan fingerprint density at radius 1 is 1.35 bits per heavy atom. The number of benzene rings is 1. The molecule has 1 spiro atoms. The van der Waals surface area contributed by atoms with Crippen molar-refractivity contribution in [2.75, 3.05) is 19.6 Å². The minimum absolute atomic E-state index is 0.265. The summed E-state index contributed by atoms with van der Waals surface area (Å²) in [5, 5.41) is 5.45. The van der Waals surface area contributed by atoms with Crippen LogP contribution in [-0.4, -0.2) is 42.4 Å². The highest BCUT2D eigenvalue weighted by Gasteiger charge is 2.55. The van der Waals surface area contributed by atoms with Crippen LogP contribution in [0.2, 0.25) is 0 Å². The van der Waals surface area contributed by atoms with E-state index in [1.54, 1.807) is 0 Å². The maximum atomic E-state index is 12.8. The van der Waals surface area contributed by atoms with Gasteiger partial charge in [0.2, 0.25) is 5.91 Å². The first kappa shape index (κ1) is 15.5. The Labute approximate surface area is 134 Å². The Balaban J connectivity index is 1.75. The Morgan fingerprint density at radius 2 is 2.13 bits per heavy atom. The number of amides is 4. The first-order valence-electron chi connectivity index (χ1n) is 7.78. The highest BCUT2D eigenvalue weighted by molar-refractivity contribution is 6.09. The molecular weight excluding hydrogens is 296 g/mol. The summed E-state index contributed by atoms with van der Waals surface area (Å²) in [6.45, 7) is 0.648. The molecule has 2 aliphatic rings. The lowest BCUT2D eigenvalue weighted by molar-refractivity contribution is -0.135. The van der Waals surface area contributed by atoms with E-state index in [0.29, 0.717) is 25.9 Å². The van der Waals surface area contributed by atoms with Gasteiger partial charge >= 0.3 is 6.03 Å². The maximum absolute atomic E-state index is 12.8. The van der Waals surface area contributed by atoms with E-state index in [4.69, 9.17) is 5.73 Å². The van der Waals surface area contributed by atoms with Gasteiger partial charge in [-0.05, 0) is 36.9 Å². The molecule has 1 unspecified atom stereocenters. The number of nitrogens with zero attached hydrogens (tertiary/aromatic N) is 1. The van der Waals surface area contributed by atoms with E-state index in [1.165, 1.54) is 0 Å². The largest absolute Gasteiger partial charge is 0.354 e. The molecule has 1 aliphatic carbocycles. The van der Waals surface area contributed by atoms with Gasteiger partial charge in [-0.3, -0.25) is 14.5 Å². The number of nitrogens with one attached hydrogen (secondary N) is 2. The van der Waals surface area contributed by atoms with Crippen LogP contribution in [0, 0.1) is 0 Å². The third-order valence-corrected chi connectivity index (χ3v) is 4.43. The summed E-state index contributed by atoms with van der Waals surface area (Å²) in [4.78, 5) is 37.9. The Kier molecular flexibility index (Phi) is 4.04. The minimum atomic E-state index is -1.01. The number of urea groups is 1. The molecule has 122 valence electrons. The van der Waals surface area contributed by atoms with Crippen LogP contribution in [-0.2, 0) is 21.5 Å². The fourth-order valence-electron chi connectivity index (χ4n) is 3.26. The van der Waals surface area contributed by atoms with Crippen LogP contribution in [0.15, 0.2) is 24.3 Å². The van der Waals surface area contributed by atoms with Gasteiger partial charge < -0.3 is 16.4 Å². The standard InChI is InChI=1S/C16H20N4O3/c17-8-3-9-18-13(21)10-20-14(22)16(19-15(20)23)7-6-11-4-1-2-5-12(11)16/h1-2,4-5H,3,6-10,17H2,(H,18,21)(H,19,23). The number of nitrogens with two attached hydrogens (primary N) is 1. The first-order valence-corrected chi connectivity index (χ1v) is 7.78. The van der Waals surface area contributed by atoms with Crippen molar-refractivity contribution in [1.29, 1.82) is 0 Å². The second-order valence-electron chi connectivity index (χ2n) is 5.88. The number of rotatable bonds is 5. The monoisotopic (exact) mass is 316 g/mol. The average Bonchev–Trinajstić information content (AvgIpc) is 3.02. The van der Waals surface area contributed by atoms with E-state index in [9.17, 15) is 14.4 Å². The molecule has 1 aromatic rings. The van der Waals surface area contributed by atoms with Crippen molar-refractivity contribution in [3.63, 3.8) is 0 Å². The lowest BCUT2D eigenvalue weighted by Crippen LogP contribution is -2.44. The number of hydrogen-bond donors (Lipinski definition) is 3. The van der Waals surface area contributed by atoms with E-state index in [0.717, 1.165) is 22.4 Å².